The average molecular weight is 319 g/mol. The van der Waals surface area contributed by atoms with Crippen molar-refractivity contribution in [1.29, 1.82) is 0 Å². The molecule has 3 aromatic rings. The van der Waals surface area contributed by atoms with E-state index in [0.717, 1.165) is 17.2 Å². The van der Waals surface area contributed by atoms with Crippen LogP contribution in [0.4, 0.5) is 0 Å². The Morgan fingerprint density at radius 2 is 0.875 bits per heavy atom. The van der Waals surface area contributed by atoms with Gasteiger partial charge in [0.25, 0.3) is 0 Å². The molecule has 0 bridgehead atoms. The van der Waals surface area contributed by atoms with Gasteiger partial charge in [0.05, 0.1) is 0 Å². The minimum Gasteiger partial charge on any atom is -0.489 e. The lowest BCUT2D eigenvalue weighted by Gasteiger charge is -2.19. The van der Waals surface area contributed by atoms with Crippen molar-refractivity contribution >= 4 is 0 Å². The molecule has 0 aromatic heterocycles. The Morgan fingerprint density at radius 3 is 1.29 bits per heavy atom. The molecule has 1 radical (unpaired) electrons. The summed E-state index contributed by atoms with van der Waals surface area (Å²) in [7, 11) is 0. The molecule has 0 fully saturated rings. The predicted octanol–water partition coefficient (Wildman–Crippen LogP) is 4.76. The summed E-state index contributed by atoms with van der Waals surface area (Å²) in [6, 6.07) is 29.0. The molecule has 0 aliphatic carbocycles. The summed E-state index contributed by atoms with van der Waals surface area (Å²) < 4.78 is 17.5. The van der Waals surface area contributed by atoms with Gasteiger partial charge in [0.15, 0.2) is 0 Å². The fourth-order valence-corrected chi connectivity index (χ4v) is 2.12. The van der Waals surface area contributed by atoms with Gasteiger partial charge >= 0.3 is 0 Å². The Kier molecular flexibility index (Phi) is 5.73. The number of hydrogen-bond donors (Lipinski definition) is 0. The normalized spacial score (nSPS) is 10.4. The van der Waals surface area contributed by atoms with E-state index in [1.807, 2.05) is 91.0 Å². The van der Waals surface area contributed by atoms with Gasteiger partial charge in [-0.2, -0.15) is 0 Å². The third-order valence-electron chi connectivity index (χ3n) is 3.29. The first kappa shape index (κ1) is 15.9. The highest BCUT2D eigenvalue weighted by Crippen LogP contribution is 2.18. The summed E-state index contributed by atoms with van der Waals surface area (Å²) >= 11 is 0. The molecule has 0 saturated heterocycles. The third kappa shape index (κ3) is 5.06. The van der Waals surface area contributed by atoms with Gasteiger partial charge in [-0.15, -0.1) is 0 Å². The molecule has 0 aliphatic rings. The van der Waals surface area contributed by atoms with Crippen molar-refractivity contribution in [3.05, 3.63) is 97.1 Å². The van der Waals surface area contributed by atoms with Crippen LogP contribution in [0.3, 0.4) is 0 Å². The molecule has 3 rings (SSSR count). The first-order valence-electron chi connectivity index (χ1n) is 7.83. The minimum atomic E-state index is 0.325. The summed E-state index contributed by atoms with van der Waals surface area (Å²) in [4.78, 5) is 0. The van der Waals surface area contributed by atoms with Crippen LogP contribution >= 0.6 is 0 Å². The van der Waals surface area contributed by atoms with Crippen LogP contribution in [-0.4, -0.2) is 13.2 Å². The summed E-state index contributed by atoms with van der Waals surface area (Å²) in [5.41, 5.74) is 0. The standard InChI is InChI=1S/C21H19O3/c1-4-10-18(11-5-1)22-16-21(24-20-14-8-3-9-15-20)17-23-19-12-6-2-7-13-19/h1-15H,16-17H2. The zero-order valence-electron chi connectivity index (χ0n) is 13.3. The van der Waals surface area contributed by atoms with E-state index in [2.05, 4.69) is 0 Å². The Bertz CT molecular complexity index is 655. The Labute approximate surface area is 142 Å². The minimum absolute atomic E-state index is 0.325. The Morgan fingerprint density at radius 1 is 0.500 bits per heavy atom. The van der Waals surface area contributed by atoms with E-state index in [4.69, 9.17) is 14.2 Å². The molecule has 0 saturated carbocycles. The number of para-hydroxylation sites is 3. The summed E-state index contributed by atoms with van der Waals surface area (Å²) in [5.74, 6) is 2.36. The lowest BCUT2D eigenvalue weighted by atomic mass is 10.3. The number of hydrogen-bond acceptors (Lipinski definition) is 3. The van der Waals surface area contributed by atoms with Gasteiger partial charge in [-0.3, -0.25) is 0 Å². The Balaban J connectivity index is 1.61. The van der Waals surface area contributed by atoms with Crippen LogP contribution in [0.15, 0.2) is 91.0 Å². The molecule has 0 amide bonds. The largest absolute Gasteiger partial charge is 0.489 e. The van der Waals surface area contributed by atoms with Gasteiger partial charge in [-0.25, -0.2) is 0 Å². The first-order chi connectivity index (χ1) is 11.9. The second-order valence-electron chi connectivity index (χ2n) is 5.16. The molecule has 0 unspecified atom stereocenters. The van der Waals surface area contributed by atoms with Crippen LogP contribution in [0.1, 0.15) is 0 Å². The van der Waals surface area contributed by atoms with E-state index in [0.29, 0.717) is 19.3 Å². The van der Waals surface area contributed by atoms with Gasteiger partial charge < -0.3 is 14.2 Å². The molecule has 0 N–H and O–H groups in total. The van der Waals surface area contributed by atoms with E-state index in [-0.39, 0.29) is 0 Å². The van der Waals surface area contributed by atoms with Crippen molar-refractivity contribution in [2.75, 3.05) is 13.2 Å². The SMILES string of the molecule is c1ccc(OC[C](COc2ccccc2)Oc2ccccc2)cc1. The van der Waals surface area contributed by atoms with Crippen molar-refractivity contribution in [2.24, 2.45) is 0 Å². The van der Waals surface area contributed by atoms with Crippen molar-refractivity contribution in [1.82, 2.24) is 0 Å². The fourth-order valence-electron chi connectivity index (χ4n) is 2.12. The highest BCUT2D eigenvalue weighted by molar-refractivity contribution is 5.25. The molecule has 0 aliphatic heterocycles. The van der Waals surface area contributed by atoms with Crippen LogP contribution < -0.4 is 14.2 Å². The molecule has 3 nitrogen and oxygen atoms in total. The zero-order valence-corrected chi connectivity index (χ0v) is 13.3. The predicted molar refractivity (Wildman–Crippen MR) is 94.2 cm³/mol. The van der Waals surface area contributed by atoms with E-state index < -0.39 is 0 Å². The lowest BCUT2D eigenvalue weighted by Crippen LogP contribution is -2.23. The number of benzene rings is 3. The van der Waals surface area contributed by atoms with Gasteiger partial charge in [0.2, 0.25) is 6.10 Å². The monoisotopic (exact) mass is 319 g/mol. The van der Waals surface area contributed by atoms with Gasteiger partial charge in [-0.05, 0) is 36.4 Å². The third-order valence-corrected chi connectivity index (χ3v) is 3.29. The second kappa shape index (κ2) is 8.63. The summed E-state index contributed by atoms with van der Waals surface area (Å²) in [6.45, 7) is 0.650. The molecular formula is C21H19O3. The molecule has 24 heavy (non-hydrogen) atoms. The van der Waals surface area contributed by atoms with Crippen LogP contribution in [0.25, 0.3) is 0 Å². The molecule has 3 aromatic carbocycles. The highest BCUT2D eigenvalue weighted by Gasteiger charge is 2.15. The zero-order chi connectivity index (χ0) is 16.5. The molecule has 0 spiro atoms. The van der Waals surface area contributed by atoms with E-state index in [1.165, 1.54) is 0 Å². The maximum absolute atomic E-state index is 5.92. The molecule has 0 heterocycles. The fraction of sp³-hybridized carbons (Fsp3) is 0.0952. The van der Waals surface area contributed by atoms with Crippen LogP contribution in [0.2, 0.25) is 0 Å². The van der Waals surface area contributed by atoms with Crippen LogP contribution in [0.5, 0.6) is 17.2 Å². The Hall–Kier alpha value is -2.94. The van der Waals surface area contributed by atoms with Crippen molar-refractivity contribution in [3.63, 3.8) is 0 Å². The summed E-state index contributed by atoms with van der Waals surface area (Å²) in [5, 5.41) is 0. The van der Waals surface area contributed by atoms with Crippen molar-refractivity contribution < 1.29 is 14.2 Å². The smallest absolute Gasteiger partial charge is 0.222 e. The maximum Gasteiger partial charge on any atom is 0.222 e. The van der Waals surface area contributed by atoms with Crippen LogP contribution in [0, 0.1) is 6.10 Å². The number of rotatable bonds is 8. The van der Waals surface area contributed by atoms with E-state index >= 15 is 0 Å². The summed E-state index contributed by atoms with van der Waals surface area (Å²) in [6.07, 6.45) is 0.703. The second-order valence-corrected chi connectivity index (χ2v) is 5.16. The van der Waals surface area contributed by atoms with Gasteiger partial charge in [0, 0.05) is 0 Å². The van der Waals surface area contributed by atoms with E-state index in [1.54, 1.807) is 0 Å². The number of ether oxygens (including phenoxy) is 3. The van der Waals surface area contributed by atoms with Crippen LogP contribution in [-0.2, 0) is 0 Å². The molecule has 3 heteroatoms. The molecule has 121 valence electrons. The average Bonchev–Trinajstić information content (AvgIpc) is 2.66. The molecule has 0 atom stereocenters. The van der Waals surface area contributed by atoms with Gasteiger partial charge in [-0.1, -0.05) is 54.6 Å². The lowest BCUT2D eigenvalue weighted by molar-refractivity contribution is 0.161. The topological polar surface area (TPSA) is 27.7 Å². The van der Waals surface area contributed by atoms with Crippen molar-refractivity contribution in [3.8, 4) is 17.2 Å². The quantitative estimate of drug-likeness (QED) is 0.599. The molecular weight excluding hydrogens is 300 g/mol. The highest BCUT2D eigenvalue weighted by atomic mass is 16.6. The maximum atomic E-state index is 5.92. The first-order valence-corrected chi connectivity index (χ1v) is 7.83. The van der Waals surface area contributed by atoms with E-state index in [9.17, 15) is 0 Å². The van der Waals surface area contributed by atoms with Gasteiger partial charge in [0.1, 0.15) is 30.5 Å². The van der Waals surface area contributed by atoms with Crippen molar-refractivity contribution in [2.45, 2.75) is 0 Å².